The number of halogens is 2. The van der Waals surface area contributed by atoms with Gasteiger partial charge in [-0.25, -0.2) is 8.42 Å². The number of hydrogen-bond donors (Lipinski definition) is 0. The molecule has 0 aliphatic carbocycles. The summed E-state index contributed by atoms with van der Waals surface area (Å²) in [6.45, 7) is 1.97. The fourth-order valence-corrected chi connectivity index (χ4v) is 5.54. The van der Waals surface area contributed by atoms with E-state index in [1.54, 1.807) is 19.1 Å². The van der Waals surface area contributed by atoms with Crippen molar-refractivity contribution in [1.29, 1.82) is 0 Å². The van der Waals surface area contributed by atoms with Gasteiger partial charge in [0.05, 0.1) is 35.2 Å². The number of sulfone groups is 1. The molecule has 6 nitrogen and oxygen atoms in total. The summed E-state index contributed by atoms with van der Waals surface area (Å²) >= 11 is 12.3. The van der Waals surface area contributed by atoms with E-state index >= 15 is 0 Å². The van der Waals surface area contributed by atoms with E-state index in [-0.39, 0.29) is 45.3 Å². The first-order chi connectivity index (χ1) is 12.7. The monoisotopic (exact) mass is 431 g/mol. The van der Waals surface area contributed by atoms with Gasteiger partial charge in [-0.15, -0.1) is 0 Å². The topological polar surface area (TPSA) is 76.8 Å². The number of carbonyl (C=O) groups is 1. The van der Waals surface area contributed by atoms with E-state index in [0.29, 0.717) is 17.9 Å². The molecule has 146 valence electrons. The molecule has 0 N–H and O–H groups in total. The summed E-state index contributed by atoms with van der Waals surface area (Å²) in [6.07, 6.45) is 0.380. The van der Waals surface area contributed by atoms with Gasteiger partial charge in [-0.05, 0) is 37.6 Å². The Morgan fingerprint density at radius 1 is 1.30 bits per heavy atom. The number of ether oxygens (including phenoxy) is 1. The maximum atomic E-state index is 13.2. The number of rotatable bonds is 5. The highest BCUT2D eigenvalue weighted by Gasteiger charge is 2.35. The predicted octanol–water partition coefficient (Wildman–Crippen LogP) is 3.73. The van der Waals surface area contributed by atoms with Crippen molar-refractivity contribution in [3.63, 3.8) is 0 Å². The summed E-state index contributed by atoms with van der Waals surface area (Å²) in [5.41, 5.74) is 0.262. The minimum Gasteiger partial charge on any atom is -0.494 e. The van der Waals surface area contributed by atoms with Crippen molar-refractivity contribution in [2.24, 2.45) is 0 Å². The molecule has 0 radical (unpaired) electrons. The van der Waals surface area contributed by atoms with Crippen molar-refractivity contribution >= 4 is 38.9 Å². The number of benzene rings is 1. The SMILES string of the molecule is COc1c(Cl)cc(C(=O)N(Cc2ccc(C)o2)[C@@H]2CCS(=O)(=O)C2)cc1Cl. The average Bonchev–Trinajstić information content (AvgIpc) is 3.16. The maximum Gasteiger partial charge on any atom is 0.254 e. The minimum atomic E-state index is -3.17. The number of amides is 1. The molecule has 1 amide bonds. The van der Waals surface area contributed by atoms with Crippen LogP contribution in [0.25, 0.3) is 0 Å². The Morgan fingerprint density at radius 3 is 2.44 bits per heavy atom. The molecule has 1 fully saturated rings. The Kier molecular flexibility index (Phi) is 5.74. The van der Waals surface area contributed by atoms with Gasteiger partial charge in [-0.1, -0.05) is 23.2 Å². The zero-order valence-corrected chi connectivity index (χ0v) is 17.2. The third-order valence-electron chi connectivity index (χ3n) is 4.48. The molecule has 0 unspecified atom stereocenters. The van der Waals surface area contributed by atoms with Crippen LogP contribution >= 0.6 is 23.2 Å². The van der Waals surface area contributed by atoms with Crippen LogP contribution in [0.4, 0.5) is 0 Å². The van der Waals surface area contributed by atoms with Crippen molar-refractivity contribution in [3.05, 3.63) is 51.4 Å². The average molecular weight is 432 g/mol. The van der Waals surface area contributed by atoms with Crippen LogP contribution in [0.15, 0.2) is 28.7 Å². The molecular formula is C18H19Cl2NO5S. The molecule has 1 saturated heterocycles. The second kappa shape index (κ2) is 7.73. The fraction of sp³-hybridized carbons (Fsp3) is 0.389. The quantitative estimate of drug-likeness (QED) is 0.720. The van der Waals surface area contributed by atoms with Crippen molar-refractivity contribution in [3.8, 4) is 5.75 Å². The first-order valence-corrected chi connectivity index (χ1v) is 10.9. The van der Waals surface area contributed by atoms with Crippen LogP contribution in [0.3, 0.4) is 0 Å². The highest BCUT2D eigenvalue weighted by molar-refractivity contribution is 7.91. The van der Waals surface area contributed by atoms with E-state index in [4.69, 9.17) is 32.4 Å². The van der Waals surface area contributed by atoms with Crippen molar-refractivity contribution in [2.75, 3.05) is 18.6 Å². The number of aryl methyl sites for hydroxylation is 1. The van der Waals surface area contributed by atoms with E-state index in [1.807, 2.05) is 0 Å². The third kappa shape index (κ3) is 4.42. The molecule has 1 aromatic carbocycles. The molecule has 2 aromatic rings. The Labute approximate surface area is 167 Å². The lowest BCUT2D eigenvalue weighted by Gasteiger charge is -2.28. The third-order valence-corrected chi connectivity index (χ3v) is 6.79. The molecule has 1 aromatic heterocycles. The Hall–Kier alpha value is -1.70. The minimum absolute atomic E-state index is 0.0583. The van der Waals surface area contributed by atoms with Gasteiger partial charge in [-0.3, -0.25) is 4.79 Å². The van der Waals surface area contributed by atoms with Gasteiger partial charge in [-0.2, -0.15) is 0 Å². The molecular weight excluding hydrogens is 413 g/mol. The summed E-state index contributed by atoms with van der Waals surface area (Å²) in [5.74, 6) is 1.20. The van der Waals surface area contributed by atoms with Crippen molar-refractivity contribution in [2.45, 2.75) is 25.9 Å². The molecule has 9 heteroatoms. The molecule has 1 aliphatic rings. The van der Waals surface area contributed by atoms with E-state index < -0.39 is 15.9 Å². The standard InChI is InChI=1S/C18H19Cl2NO5S/c1-11-3-4-14(26-11)9-21(13-5-6-27(23,24)10-13)18(22)12-7-15(19)17(25-2)16(20)8-12/h3-4,7-8,13H,5-6,9-10H2,1-2H3/t13-/m1/s1. The fourth-order valence-electron chi connectivity index (χ4n) is 3.17. The van der Waals surface area contributed by atoms with Gasteiger partial charge in [0.1, 0.15) is 11.5 Å². The lowest BCUT2D eigenvalue weighted by molar-refractivity contribution is 0.0665. The number of nitrogens with zero attached hydrogens (tertiary/aromatic N) is 1. The predicted molar refractivity (Wildman–Crippen MR) is 103 cm³/mol. The highest BCUT2D eigenvalue weighted by atomic mass is 35.5. The maximum absolute atomic E-state index is 13.2. The zero-order valence-electron chi connectivity index (χ0n) is 14.9. The summed E-state index contributed by atoms with van der Waals surface area (Å²) in [4.78, 5) is 14.7. The molecule has 1 aliphatic heterocycles. The van der Waals surface area contributed by atoms with Crippen LogP contribution in [-0.2, 0) is 16.4 Å². The molecule has 2 heterocycles. The Bertz CT molecular complexity index is 947. The smallest absolute Gasteiger partial charge is 0.254 e. The van der Waals surface area contributed by atoms with E-state index in [1.165, 1.54) is 24.1 Å². The largest absolute Gasteiger partial charge is 0.494 e. The van der Waals surface area contributed by atoms with Crippen LogP contribution in [0.1, 0.15) is 28.3 Å². The van der Waals surface area contributed by atoms with E-state index in [0.717, 1.165) is 0 Å². The first-order valence-electron chi connectivity index (χ1n) is 8.30. The normalized spacial score (nSPS) is 18.4. The molecule has 3 rings (SSSR count). The second-order valence-electron chi connectivity index (χ2n) is 6.48. The van der Waals surface area contributed by atoms with Gasteiger partial charge in [0, 0.05) is 11.6 Å². The number of methoxy groups -OCH3 is 1. The Balaban J connectivity index is 1.95. The molecule has 27 heavy (non-hydrogen) atoms. The molecule has 0 bridgehead atoms. The van der Waals surface area contributed by atoms with Gasteiger partial charge < -0.3 is 14.1 Å². The van der Waals surface area contributed by atoms with Crippen LogP contribution in [-0.4, -0.2) is 43.9 Å². The van der Waals surface area contributed by atoms with Crippen molar-refractivity contribution in [1.82, 2.24) is 4.90 Å². The van der Waals surface area contributed by atoms with Gasteiger partial charge in [0.15, 0.2) is 15.6 Å². The summed E-state index contributed by atoms with van der Waals surface area (Å²) in [7, 11) is -1.73. The van der Waals surface area contributed by atoms with E-state index in [9.17, 15) is 13.2 Å². The molecule has 0 spiro atoms. The van der Waals surface area contributed by atoms with Crippen LogP contribution in [0.5, 0.6) is 5.75 Å². The lowest BCUT2D eigenvalue weighted by atomic mass is 10.1. The lowest BCUT2D eigenvalue weighted by Crippen LogP contribution is -2.40. The van der Waals surface area contributed by atoms with Gasteiger partial charge in [0.2, 0.25) is 0 Å². The summed E-state index contributed by atoms with van der Waals surface area (Å²) in [5, 5.41) is 0.419. The zero-order chi connectivity index (χ0) is 19.8. The number of furan rings is 1. The second-order valence-corrected chi connectivity index (χ2v) is 9.52. The van der Waals surface area contributed by atoms with Crippen LogP contribution < -0.4 is 4.74 Å². The van der Waals surface area contributed by atoms with Crippen LogP contribution in [0, 0.1) is 6.92 Å². The number of hydrogen-bond acceptors (Lipinski definition) is 5. The summed E-state index contributed by atoms with van der Waals surface area (Å²) in [6, 6.07) is 6.07. The van der Waals surface area contributed by atoms with E-state index in [2.05, 4.69) is 0 Å². The molecule has 1 atom stereocenters. The summed E-state index contributed by atoms with van der Waals surface area (Å²) < 4.78 is 34.6. The molecule has 0 saturated carbocycles. The number of carbonyl (C=O) groups excluding carboxylic acids is 1. The highest BCUT2D eigenvalue weighted by Crippen LogP contribution is 2.35. The first kappa shape index (κ1) is 20.0. The van der Waals surface area contributed by atoms with Gasteiger partial charge in [0.25, 0.3) is 5.91 Å². The van der Waals surface area contributed by atoms with Crippen LogP contribution in [0.2, 0.25) is 10.0 Å². The van der Waals surface area contributed by atoms with Gasteiger partial charge >= 0.3 is 0 Å². The van der Waals surface area contributed by atoms with Crippen molar-refractivity contribution < 1.29 is 22.4 Å². The Morgan fingerprint density at radius 2 is 1.96 bits per heavy atom.